The molecule has 0 saturated heterocycles. The zero-order valence-corrected chi connectivity index (χ0v) is 21.5. The second-order valence-corrected chi connectivity index (χ2v) is 10.2. The van der Waals surface area contributed by atoms with Crippen molar-refractivity contribution >= 4 is 22.5 Å². The number of H-pyrrole nitrogens is 1. The Morgan fingerprint density at radius 1 is 1.03 bits per heavy atom. The standard InChI is InChI=1S/C28H31N9/c1-4-36-13-14-37-17(2)26(31-24(37)16-36)19-7-9-20(10-8-19)27-32-28(35(3)34-27)30-23-12-11-22-21(15-29-33-22)25(23)18-5-6-18/h7-12,15,18H,4-6,13-14,16H2,1-3H3,(H,29,33)(H,30,32,34). The molecule has 5 aromatic rings. The minimum atomic E-state index is 0.575. The summed E-state index contributed by atoms with van der Waals surface area (Å²) in [6.45, 7) is 8.45. The van der Waals surface area contributed by atoms with Gasteiger partial charge in [-0.25, -0.2) is 9.67 Å². The van der Waals surface area contributed by atoms with Crippen LogP contribution in [0.2, 0.25) is 0 Å². The molecule has 188 valence electrons. The summed E-state index contributed by atoms with van der Waals surface area (Å²) in [5, 5.41) is 16.8. The van der Waals surface area contributed by atoms with Crippen molar-refractivity contribution in [3.8, 4) is 22.6 Å². The first-order valence-corrected chi connectivity index (χ1v) is 13.1. The molecule has 2 aliphatic rings. The highest BCUT2D eigenvalue weighted by Gasteiger charge is 2.29. The van der Waals surface area contributed by atoms with Gasteiger partial charge in [-0.1, -0.05) is 31.2 Å². The third-order valence-corrected chi connectivity index (χ3v) is 7.83. The molecule has 0 spiro atoms. The number of imidazole rings is 1. The van der Waals surface area contributed by atoms with Crippen LogP contribution < -0.4 is 5.32 Å². The number of likely N-dealkylation sites (N-methyl/N-ethyl adjacent to an activating group) is 1. The highest BCUT2D eigenvalue weighted by atomic mass is 15.4. The van der Waals surface area contributed by atoms with Crippen molar-refractivity contribution in [3.63, 3.8) is 0 Å². The van der Waals surface area contributed by atoms with E-state index in [0.717, 1.165) is 66.0 Å². The Kier molecular flexibility index (Phi) is 5.14. The predicted molar refractivity (Wildman–Crippen MR) is 145 cm³/mol. The lowest BCUT2D eigenvalue weighted by atomic mass is 10.0. The molecular weight excluding hydrogens is 462 g/mol. The third-order valence-electron chi connectivity index (χ3n) is 7.83. The van der Waals surface area contributed by atoms with Crippen LogP contribution in [-0.2, 0) is 20.1 Å². The van der Waals surface area contributed by atoms with Gasteiger partial charge in [0.25, 0.3) is 0 Å². The molecular formula is C28H31N9. The molecule has 0 radical (unpaired) electrons. The predicted octanol–water partition coefficient (Wildman–Crippen LogP) is 4.99. The van der Waals surface area contributed by atoms with Crippen molar-refractivity contribution < 1.29 is 0 Å². The molecule has 0 atom stereocenters. The summed E-state index contributed by atoms with van der Waals surface area (Å²) in [7, 11) is 1.93. The Balaban J connectivity index is 1.16. The number of aromatic nitrogens is 7. The van der Waals surface area contributed by atoms with Crippen molar-refractivity contribution in [3.05, 3.63) is 59.7 Å². The summed E-state index contributed by atoms with van der Waals surface area (Å²) in [5.74, 6) is 3.16. The number of anilines is 2. The van der Waals surface area contributed by atoms with Crippen LogP contribution in [0.25, 0.3) is 33.5 Å². The number of nitrogens with zero attached hydrogens (tertiary/aromatic N) is 7. The van der Waals surface area contributed by atoms with Crippen LogP contribution in [-0.4, -0.2) is 52.5 Å². The molecule has 0 bridgehead atoms. The van der Waals surface area contributed by atoms with Gasteiger partial charge in [0.1, 0.15) is 5.82 Å². The van der Waals surface area contributed by atoms with Crippen LogP contribution in [0.1, 0.15) is 42.8 Å². The van der Waals surface area contributed by atoms with E-state index in [1.807, 2.05) is 17.9 Å². The van der Waals surface area contributed by atoms with Crippen LogP contribution >= 0.6 is 0 Å². The molecule has 4 heterocycles. The molecule has 0 unspecified atom stereocenters. The minimum Gasteiger partial charge on any atom is -0.329 e. The number of benzene rings is 2. The van der Waals surface area contributed by atoms with E-state index in [-0.39, 0.29) is 0 Å². The van der Waals surface area contributed by atoms with Crippen LogP contribution in [0.3, 0.4) is 0 Å². The molecule has 2 N–H and O–H groups in total. The fraction of sp³-hybridized carbons (Fsp3) is 0.357. The van der Waals surface area contributed by atoms with Crippen molar-refractivity contribution in [2.45, 2.75) is 45.7 Å². The van der Waals surface area contributed by atoms with E-state index in [2.05, 4.69) is 75.2 Å². The Bertz CT molecular complexity index is 1600. The van der Waals surface area contributed by atoms with E-state index in [4.69, 9.17) is 15.1 Å². The lowest BCUT2D eigenvalue weighted by Crippen LogP contribution is -2.33. The fourth-order valence-electron chi connectivity index (χ4n) is 5.55. The maximum Gasteiger partial charge on any atom is 0.225 e. The van der Waals surface area contributed by atoms with E-state index in [1.54, 1.807) is 0 Å². The summed E-state index contributed by atoms with van der Waals surface area (Å²) in [6.07, 6.45) is 4.35. The Morgan fingerprint density at radius 3 is 2.62 bits per heavy atom. The van der Waals surface area contributed by atoms with Gasteiger partial charge in [-0.15, -0.1) is 5.10 Å². The van der Waals surface area contributed by atoms with Gasteiger partial charge < -0.3 is 9.88 Å². The number of nitrogens with one attached hydrogen (secondary N) is 2. The molecule has 1 aliphatic heterocycles. The molecule has 3 aromatic heterocycles. The maximum absolute atomic E-state index is 5.00. The maximum atomic E-state index is 5.00. The molecule has 1 aliphatic carbocycles. The Labute approximate surface area is 215 Å². The van der Waals surface area contributed by atoms with Gasteiger partial charge in [0.2, 0.25) is 5.95 Å². The number of aryl methyl sites for hydroxylation is 1. The summed E-state index contributed by atoms with van der Waals surface area (Å²) >= 11 is 0. The van der Waals surface area contributed by atoms with E-state index in [9.17, 15) is 0 Å². The summed E-state index contributed by atoms with van der Waals surface area (Å²) in [6, 6.07) is 12.6. The second-order valence-electron chi connectivity index (χ2n) is 10.2. The Morgan fingerprint density at radius 2 is 1.84 bits per heavy atom. The molecule has 9 nitrogen and oxygen atoms in total. The van der Waals surface area contributed by atoms with Gasteiger partial charge in [-0.2, -0.15) is 10.1 Å². The topological polar surface area (TPSA) is 92.5 Å². The highest BCUT2D eigenvalue weighted by molar-refractivity contribution is 5.89. The van der Waals surface area contributed by atoms with Crippen LogP contribution in [0.4, 0.5) is 11.6 Å². The SMILES string of the molecule is CCN1CCn2c(nc(-c3ccc(-c4nc(Nc5ccc6[nH]ncc6c5C5CC5)n(C)n4)cc3)c2C)C1. The van der Waals surface area contributed by atoms with Gasteiger partial charge in [0, 0.05) is 48.0 Å². The summed E-state index contributed by atoms with van der Waals surface area (Å²) < 4.78 is 4.18. The molecule has 1 fully saturated rings. The average Bonchev–Trinajstić information content (AvgIpc) is 3.38. The second kappa shape index (κ2) is 8.55. The van der Waals surface area contributed by atoms with Gasteiger partial charge >= 0.3 is 0 Å². The monoisotopic (exact) mass is 493 g/mol. The van der Waals surface area contributed by atoms with Crippen LogP contribution in [0.15, 0.2) is 42.6 Å². The van der Waals surface area contributed by atoms with Crippen molar-refractivity contribution in [1.29, 1.82) is 0 Å². The molecule has 2 aromatic carbocycles. The van der Waals surface area contributed by atoms with Crippen LogP contribution in [0.5, 0.6) is 0 Å². The zero-order chi connectivity index (χ0) is 25.1. The number of aromatic amines is 1. The van der Waals surface area contributed by atoms with Crippen molar-refractivity contribution in [2.75, 3.05) is 18.4 Å². The summed E-state index contributed by atoms with van der Waals surface area (Å²) in [4.78, 5) is 12.3. The lowest BCUT2D eigenvalue weighted by molar-refractivity contribution is 0.227. The van der Waals surface area contributed by atoms with Gasteiger partial charge in [0.05, 0.1) is 24.0 Å². The largest absolute Gasteiger partial charge is 0.329 e. The van der Waals surface area contributed by atoms with E-state index < -0.39 is 0 Å². The first-order chi connectivity index (χ1) is 18.1. The van der Waals surface area contributed by atoms with Gasteiger partial charge in [-0.05, 0) is 49.9 Å². The van der Waals surface area contributed by atoms with E-state index in [1.165, 1.54) is 29.5 Å². The number of rotatable bonds is 6. The molecule has 7 rings (SSSR count). The molecule has 1 saturated carbocycles. The summed E-state index contributed by atoms with van der Waals surface area (Å²) in [5.41, 5.74) is 7.89. The number of hydrogen-bond acceptors (Lipinski definition) is 6. The number of hydrogen-bond donors (Lipinski definition) is 2. The minimum absolute atomic E-state index is 0.575. The first-order valence-electron chi connectivity index (χ1n) is 13.1. The first kappa shape index (κ1) is 22.2. The number of fused-ring (bicyclic) bond motifs is 2. The van der Waals surface area contributed by atoms with Crippen LogP contribution in [0, 0.1) is 6.92 Å². The Hall–Kier alpha value is -3.98. The van der Waals surface area contributed by atoms with E-state index >= 15 is 0 Å². The molecule has 37 heavy (non-hydrogen) atoms. The molecule has 0 amide bonds. The highest BCUT2D eigenvalue weighted by Crippen LogP contribution is 2.47. The van der Waals surface area contributed by atoms with Gasteiger partial charge in [-0.3, -0.25) is 10.00 Å². The van der Waals surface area contributed by atoms with Gasteiger partial charge in [0.15, 0.2) is 5.82 Å². The zero-order valence-electron chi connectivity index (χ0n) is 21.5. The average molecular weight is 494 g/mol. The lowest BCUT2D eigenvalue weighted by Gasteiger charge is -2.26. The third kappa shape index (κ3) is 3.81. The van der Waals surface area contributed by atoms with Crippen molar-refractivity contribution in [1.82, 2.24) is 39.4 Å². The smallest absolute Gasteiger partial charge is 0.225 e. The quantitative estimate of drug-likeness (QED) is 0.346. The normalized spacial score (nSPS) is 15.9. The molecule has 9 heteroatoms. The van der Waals surface area contributed by atoms with Crippen molar-refractivity contribution in [2.24, 2.45) is 7.05 Å². The van der Waals surface area contributed by atoms with E-state index in [0.29, 0.717) is 11.7 Å². The fourth-order valence-corrected chi connectivity index (χ4v) is 5.55.